The fraction of sp³-hybridized carbons (Fsp3) is 0.0154. The summed E-state index contributed by atoms with van der Waals surface area (Å²) in [6.45, 7) is 0. The summed E-state index contributed by atoms with van der Waals surface area (Å²) in [7, 11) is 0. The zero-order valence-corrected chi connectivity index (χ0v) is 37.3. The Morgan fingerprint density at radius 1 is 0.333 bits per heavy atom. The molecule has 12 aromatic carbocycles. The molecule has 0 radical (unpaired) electrons. The number of amidine groups is 1. The Morgan fingerprint density at radius 3 is 1.62 bits per heavy atom. The second-order valence-corrected chi connectivity index (χ2v) is 18.4. The van der Waals surface area contributed by atoms with E-state index in [0.29, 0.717) is 12.3 Å². The van der Waals surface area contributed by atoms with E-state index < -0.39 is 0 Å². The maximum atomic E-state index is 7.23. The summed E-state index contributed by atoms with van der Waals surface area (Å²) in [5, 5.41) is 18.6. The number of hydrogen-bond donors (Lipinski definition) is 0. The Morgan fingerprint density at radius 2 is 0.899 bits per heavy atom. The first-order chi connectivity index (χ1) is 34.2. The second-order valence-electron chi connectivity index (χ2n) is 18.4. The molecule has 0 atom stereocenters. The van der Waals surface area contributed by atoms with Crippen molar-refractivity contribution in [2.75, 3.05) is 0 Å². The minimum Gasteiger partial charge on any atom is -0.455 e. The van der Waals surface area contributed by atoms with Gasteiger partial charge in [0.15, 0.2) is 5.84 Å². The molecule has 3 heterocycles. The number of fused-ring (bicyclic) bond motifs is 15. The predicted molar refractivity (Wildman–Crippen MR) is 292 cm³/mol. The van der Waals surface area contributed by atoms with E-state index in [9.17, 15) is 0 Å². The summed E-state index contributed by atoms with van der Waals surface area (Å²) < 4.78 is 9.66. The molecule has 0 N–H and O–H groups in total. The molecule has 320 valence electrons. The van der Waals surface area contributed by atoms with Crippen LogP contribution in [0, 0.1) is 0 Å². The van der Waals surface area contributed by atoms with Gasteiger partial charge in [-0.25, -0.2) is 9.98 Å². The van der Waals surface area contributed by atoms with E-state index in [0.717, 1.165) is 88.3 Å². The average molecular weight is 878 g/mol. The summed E-state index contributed by atoms with van der Waals surface area (Å²) in [6, 6.07) is 79.0. The fourth-order valence-electron chi connectivity index (χ4n) is 11.4. The van der Waals surface area contributed by atoms with E-state index in [-0.39, 0.29) is 0 Å². The van der Waals surface area contributed by atoms with Crippen LogP contribution in [0.15, 0.2) is 239 Å². The van der Waals surface area contributed by atoms with Gasteiger partial charge in [0.2, 0.25) is 0 Å². The number of nitrogens with zero attached hydrogens (tertiary/aromatic N) is 3. The monoisotopic (exact) mass is 877 g/mol. The smallest absolute Gasteiger partial charge is 0.160 e. The largest absolute Gasteiger partial charge is 0.455 e. The van der Waals surface area contributed by atoms with Gasteiger partial charge in [-0.2, -0.15) is 0 Å². The molecular formula is C65H39N3O. The van der Waals surface area contributed by atoms with Crippen LogP contribution in [0.5, 0.6) is 0 Å². The van der Waals surface area contributed by atoms with Gasteiger partial charge in [-0.15, -0.1) is 0 Å². The summed E-state index contributed by atoms with van der Waals surface area (Å²) in [5.41, 5.74) is 9.76. The molecule has 4 heteroatoms. The molecule has 0 saturated carbocycles. The highest BCUT2D eigenvalue weighted by atomic mass is 16.3. The first-order valence-corrected chi connectivity index (χ1v) is 23.7. The molecule has 1 aliphatic rings. The molecular weight excluding hydrogens is 839 g/mol. The SMILES string of the molecule is C1=C(c2cc(-n3c4ccccc4c4cc5ccccc5cc43)cc3c2oc2c4ccccc4ccc32)N=C(c2cc3ccccc3c3ccccc23)N=C(c2cc3ccccc3c3ccccc23)C1. The van der Waals surface area contributed by atoms with Crippen LogP contribution in [0.25, 0.3) is 120 Å². The Kier molecular flexibility index (Phi) is 8.10. The van der Waals surface area contributed by atoms with Crippen LogP contribution in [-0.4, -0.2) is 16.1 Å². The molecule has 0 amide bonds. The molecule has 15 rings (SSSR count). The van der Waals surface area contributed by atoms with Gasteiger partial charge in [0.05, 0.1) is 22.4 Å². The van der Waals surface area contributed by atoms with E-state index in [1.165, 1.54) is 53.9 Å². The molecule has 0 spiro atoms. The van der Waals surface area contributed by atoms with Gasteiger partial charge in [-0.1, -0.05) is 176 Å². The highest BCUT2D eigenvalue weighted by molar-refractivity contribution is 6.27. The third kappa shape index (κ3) is 5.76. The van der Waals surface area contributed by atoms with Crippen molar-refractivity contribution in [3.8, 4) is 5.69 Å². The van der Waals surface area contributed by atoms with E-state index in [1.807, 2.05) is 0 Å². The molecule has 0 saturated heterocycles. The van der Waals surface area contributed by atoms with Crippen LogP contribution in [0.2, 0.25) is 0 Å². The lowest BCUT2D eigenvalue weighted by Gasteiger charge is -2.14. The predicted octanol–water partition coefficient (Wildman–Crippen LogP) is 17.3. The van der Waals surface area contributed by atoms with Gasteiger partial charge in [0, 0.05) is 55.7 Å². The maximum absolute atomic E-state index is 7.23. The molecule has 14 aromatic rings. The standard InChI is InChI=1S/C65H39N3O/c1-2-17-41-36-62-55(33-40(41)16-1)52-27-13-14-28-61(52)68(62)44-37-56-53-30-29-39-15-3-8-22-47(39)63(53)69-64(56)58(38-44)60-32-31-59(54-34-42-18-4-6-20-45(42)48-23-9-11-25-50(48)54)66-65(67-60)57-35-43-19-5-7-21-46(43)49-24-10-12-26-51(49)57/h1-30,32-38H,31H2. The summed E-state index contributed by atoms with van der Waals surface area (Å²) in [5.74, 6) is 0.663. The Labute approximate surface area is 396 Å². The van der Waals surface area contributed by atoms with Crippen LogP contribution < -0.4 is 0 Å². The van der Waals surface area contributed by atoms with Crippen molar-refractivity contribution in [3.05, 3.63) is 241 Å². The van der Waals surface area contributed by atoms with Crippen LogP contribution in [0.4, 0.5) is 0 Å². The molecule has 1 aliphatic heterocycles. The van der Waals surface area contributed by atoms with Gasteiger partial charge in [-0.3, -0.25) is 0 Å². The van der Waals surface area contributed by atoms with Crippen molar-refractivity contribution >= 4 is 126 Å². The number of rotatable bonds is 4. The normalized spacial score (nSPS) is 13.4. The van der Waals surface area contributed by atoms with Gasteiger partial charge in [0.25, 0.3) is 0 Å². The number of para-hydroxylation sites is 1. The highest BCUT2D eigenvalue weighted by Gasteiger charge is 2.24. The number of benzene rings is 12. The van der Waals surface area contributed by atoms with Gasteiger partial charge in [-0.05, 0) is 108 Å². The summed E-state index contributed by atoms with van der Waals surface area (Å²) in [4.78, 5) is 11.5. The van der Waals surface area contributed by atoms with E-state index >= 15 is 0 Å². The molecule has 0 fully saturated rings. The zero-order chi connectivity index (χ0) is 45.2. The molecule has 0 aliphatic carbocycles. The topological polar surface area (TPSA) is 42.8 Å². The van der Waals surface area contributed by atoms with Crippen LogP contribution in [-0.2, 0) is 0 Å². The average Bonchev–Trinajstić information content (AvgIpc) is 3.86. The van der Waals surface area contributed by atoms with Gasteiger partial charge in [0.1, 0.15) is 11.2 Å². The summed E-state index contributed by atoms with van der Waals surface area (Å²) in [6.07, 6.45) is 2.83. The molecule has 2 aromatic heterocycles. The molecule has 69 heavy (non-hydrogen) atoms. The third-order valence-corrected chi connectivity index (χ3v) is 14.6. The lowest BCUT2D eigenvalue weighted by atomic mass is 9.93. The van der Waals surface area contributed by atoms with Crippen molar-refractivity contribution in [3.63, 3.8) is 0 Å². The van der Waals surface area contributed by atoms with E-state index in [4.69, 9.17) is 14.4 Å². The van der Waals surface area contributed by atoms with Crippen LogP contribution in [0.1, 0.15) is 23.1 Å². The van der Waals surface area contributed by atoms with Crippen LogP contribution >= 0.6 is 0 Å². The Bertz CT molecular complexity index is 4640. The number of aromatic nitrogens is 1. The van der Waals surface area contributed by atoms with Crippen molar-refractivity contribution in [2.45, 2.75) is 6.42 Å². The van der Waals surface area contributed by atoms with Crippen molar-refractivity contribution < 1.29 is 4.42 Å². The minimum atomic E-state index is 0.548. The molecule has 4 nitrogen and oxygen atoms in total. The van der Waals surface area contributed by atoms with E-state index in [2.05, 4.69) is 229 Å². The van der Waals surface area contributed by atoms with Crippen molar-refractivity contribution in [1.82, 2.24) is 4.57 Å². The minimum absolute atomic E-state index is 0.548. The first-order valence-electron chi connectivity index (χ1n) is 23.7. The lowest BCUT2D eigenvalue weighted by molar-refractivity contribution is 0.671. The Balaban J connectivity index is 1.05. The fourth-order valence-corrected chi connectivity index (χ4v) is 11.4. The lowest BCUT2D eigenvalue weighted by Crippen LogP contribution is -2.07. The number of hydrogen-bond acceptors (Lipinski definition) is 3. The number of aliphatic imine (C=N–C) groups is 2. The van der Waals surface area contributed by atoms with Gasteiger partial charge >= 0.3 is 0 Å². The van der Waals surface area contributed by atoms with Crippen molar-refractivity contribution in [2.24, 2.45) is 9.98 Å². The maximum Gasteiger partial charge on any atom is 0.160 e. The second kappa shape index (κ2) is 14.7. The summed E-state index contributed by atoms with van der Waals surface area (Å²) >= 11 is 0. The quantitative estimate of drug-likeness (QED) is 0.162. The van der Waals surface area contributed by atoms with Crippen molar-refractivity contribution in [1.29, 1.82) is 0 Å². The molecule has 0 unspecified atom stereocenters. The number of allylic oxidation sites excluding steroid dienone is 1. The first kappa shape index (κ1) is 38.0. The van der Waals surface area contributed by atoms with E-state index in [1.54, 1.807) is 0 Å². The Hall–Kier alpha value is -9.12. The molecule has 0 bridgehead atoms. The zero-order valence-electron chi connectivity index (χ0n) is 37.3. The highest BCUT2D eigenvalue weighted by Crippen LogP contribution is 2.43. The van der Waals surface area contributed by atoms with Crippen LogP contribution in [0.3, 0.4) is 0 Å². The van der Waals surface area contributed by atoms with Gasteiger partial charge < -0.3 is 8.98 Å². The number of furan rings is 1. The third-order valence-electron chi connectivity index (χ3n) is 14.6.